The highest BCUT2D eigenvalue weighted by Gasteiger charge is 2.36. The molecule has 1 aliphatic rings. The molecule has 0 saturated carbocycles. The summed E-state index contributed by atoms with van der Waals surface area (Å²) in [4.78, 5) is 25.2. The van der Waals surface area contributed by atoms with E-state index in [0.29, 0.717) is 6.42 Å². The number of rotatable bonds is 2. The van der Waals surface area contributed by atoms with Crippen LogP contribution in [0.5, 0.6) is 0 Å². The molecule has 2 atom stereocenters. The third-order valence-corrected chi connectivity index (χ3v) is 3.41. The van der Waals surface area contributed by atoms with Crippen LogP contribution in [-0.2, 0) is 16.1 Å². The van der Waals surface area contributed by atoms with Gasteiger partial charge >= 0.3 is 0 Å². The average Bonchev–Trinajstić information content (AvgIpc) is 2.33. The van der Waals surface area contributed by atoms with Gasteiger partial charge in [-0.3, -0.25) is 14.5 Å². The highest BCUT2D eigenvalue weighted by Crippen LogP contribution is 2.20. The van der Waals surface area contributed by atoms with Gasteiger partial charge in [0.25, 0.3) is 0 Å². The van der Waals surface area contributed by atoms with Crippen LogP contribution in [0.15, 0.2) is 30.3 Å². The number of hydrogen-bond acceptors (Lipinski definition) is 3. The zero-order valence-corrected chi connectivity index (χ0v) is 10.2. The number of nitrogens with zero attached hydrogens (tertiary/aromatic N) is 1. The molecular weight excluding hydrogens is 214 g/mol. The van der Waals surface area contributed by atoms with Crippen molar-refractivity contribution < 1.29 is 9.59 Å². The fourth-order valence-corrected chi connectivity index (χ4v) is 2.34. The number of piperidine rings is 1. The Morgan fingerprint density at radius 3 is 2.47 bits per heavy atom. The SMILES string of the molecule is C[C@@H]1C(=O)C(=O)C[C@H](C)N1Cc1ccccc1. The lowest BCUT2D eigenvalue weighted by atomic mass is 9.94. The zero-order valence-electron chi connectivity index (χ0n) is 10.2. The number of ketones is 2. The van der Waals surface area contributed by atoms with Crippen LogP contribution >= 0.6 is 0 Å². The summed E-state index contributed by atoms with van der Waals surface area (Å²) in [6.45, 7) is 4.55. The van der Waals surface area contributed by atoms with Crippen LogP contribution in [0.25, 0.3) is 0 Å². The molecule has 1 saturated heterocycles. The standard InChI is InChI=1S/C14H17NO2/c1-10-8-13(16)14(17)11(2)15(10)9-12-6-4-3-5-7-12/h3-7,10-11H,8-9H2,1-2H3/t10-,11+/m0/s1. The van der Waals surface area contributed by atoms with E-state index in [1.807, 2.05) is 44.2 Å². The number of likely N-dealkylation sites (tertiary alicyclic amines) is 1. The molecule has 3 heteroatoms. The number of Topliss-reactive ketones (excluding diaryl/α,β-unsaturated/α-hetero) is 2. The lowest BCUT2D eigenvalue weighted by Crippen LogP contribution is -2.52. The van der Waals surface area contributed by atoms with Crippen LogP contribution in [0.2, 0.25) is 0 Å². The Labute approximate surface area is 101 Å². The minimum absolute atomic E-state index is 0.135. The molecule has 0 spiro atoms. The van der Waals surface area contributed by atoms with Crippen LogP contribution < -0.4 is 0 Å². The third-order valence-electron chi connectivity index (χ3n) is 3.41. The maximum atomic E-state index is 11.7. The Balaban J connectivity index is 2.15. The predicted octanol–water partition coefficient (Wildman–Crippen LogP) is 1.81. The molecule has 1 aromatic rings. The maximum Gasteiger partial charge on any atom is 0.215 e. The number of hydrogen-bond donors (Lipinski definition) is 0. The molecule has 0 amide bonds. The van der Waals surface area contributed by atoms with Crippen molar-refractivity contribution in [2.75, 3.05) is 0 Å². The van der Waals surface area contributed by atoms with E-state index in [9.17, 15) is 9.59 Å². The van der Waals surface area contributed by atoms with Crippen LogP contribution in [-0.4, -0.2) is 28.6 Å². The second kappa shape index (κ2) is 4.80. The summed E-state index contributed by atoms with van der Waals surface area (Å²) in [5.74, 6) is -0.478. The van der Waals surface area contributed by atoms with Gasteiger partial charge in [-0.25, -0.2) is 0 Å². The summed E-state index contributed by atoms with van der Waals surface area (Å²) in [5.41, 5.74) is 1.17. The van der Waals surface area contributed by atoms with Gasteiger partial charge in [0, 0.05) is 19.0 Å². The summed E-state index contributed by atoms with van der Waals surface area (Å²) in [6.07, 6.45) is 0.343. The topological polar surface area (TPSA) is 37.4 Å². The molecule has 1 fully saturated rings. The molecule has 0 bridgehead atoms. The number of carbonyl (C=O) groups is 2. The minimum Gasteiger partial charge on any atom is -0.291 e. The van der Waals surface area contributed by atoms with E-state index in [1.54, 1.807) is 0 Å². The van der Waals surface area contributed by atoms with Gasteiger partial charge in [-0.05, 0) is 19.4 Å². The van der Waals surface area contributed by atoms with Crippen molar-refractivity contribution in [3.05, 3.63) is 35.9 Å². The quantitative estimate of drug-likeness (QED) is 0.728. The third kappa shape index (κ3) is 2.44. The molecule has 0 radical (unpaired) electrons. The van der Waals surface area contributed by atoms with Gasteiger partial charge in [-0.2, -0.15) is 0 Å². The Morgan fingerprint density at radius 2 is 1.82 bits per heavy atom. The minimum atomic E-state index is -0.300. The highest BCUT2D eigenvalue weighted by atomic mass is 16.2. The summed E-state index contributed by atoms with van der Waals surface area (Å²) < 4.78 is 0. The zero-order chi connectivity index (χ0) is 12.4. The first-order valence-electron chi connectivity index (χ1n) is 5.96. The molecule has 1 heterocycles. The monoisotopic (exact) mass is 231 g/mol. The Kier molecular flexibility index (Phi) is 3.38. The first kappa shape index (κ1) is 12.0. The van der Waals surface area contributed by atoms with Gasteiger partial charge in [0.15, 0.2) is 0 Å². The summed E-state index contributed by atoms with van der Waals surface area (Å²) in [7, 11) is 0. The Morgan fingerprint density at radius 1 is 1.18 bits per heavy atom. The van der Waals surface area contributed by atoms with Crippen molar-refractivity contribution in [2.24, 2.45) is 0 Å². The molecule has 2 rings (SSSR count). The van der Waals surface area contributed by atoms with E-state index in [-0.39, 0.29) is 23.7 Å². The second-order valence-electron chi connectivity index (χ2n) is 4.67. The first-order chi connectivity index (χ1) is 8.09. The summed E-state index contributed by atoms with van der Waals surface area (Å²) in [5, 5.41) is 0. The van der Waals surface area contributed by atoms with Gasteiger partial charge in [0.1, 0.15) is 0 Å². The van der Waals surface area contributed by atoms with Gasteiger partial charge < -0.3 is 0 Å². The first-order valence-corrected chi connectivity index (χ1v) is 5.96. The largest absolute Gasteiger partial charge is 0.291 e. The normalized spacial score (nSPS) is 26.2. The fourth-order valence-electron chi connectivity index (χ4n) is 2.34. The Bertz CT molecular complexity index is 427. The van der Waals surface area contributed by atoms with E-state index in [4.69, 9.17) is 0 Å². The maximum absolute atomic E-state index is 11.7. The van der Waals surface area contributed by atoms with Crippen molar-refractivity contribution in [3.63, 3.8) is 0 Å². The molecule has 90 valence electrons. The molecular formula is C14H17NO2. The van der Waals surface area contributed by atoms with Gasteiger partial charge in [0.05, 0.1) is 6.04 Å². The van der Waals surface area contributed by atoms with E-state index >= 15 is 0 Å². The molecule has 0 aliphatic carbocycles. The molecule has 1 aromatic carbocycles. The van der Waals surface area contributed by atoms with E-state index < -0.39 is 0 Å². The summed E-state index contributed by atoms with van der Waals surface area (Å²) >= 11 is 0. The number of benzene rings is 1. The summed E-state index contributed by atoms with van der Waals surface area (Å²) in [6, 6.07) is 9.87. The Hall–Kier alpha value is -1.48. The van der Waals surface area contributed by atoms with E-state index in [1.165, 1.54) is 5.56 Å². The predicted molar refractivity (Wildman–Crippen MR) is 65.5 cm³/mol. The van der Waals surface area contributed by atoms with Crippen LogP contribution in [0.1, 0.15) is 25.8 Å². The molecule has 17 heavy (non-hydrogen) atoms. The van der Waals surface area contributed by atoms with Crippen molar-refractivity contribution in [3.8, 4) is 0 Å². The van der Waals surface area contributed by atoms with E-state index in [2.05, 4.69) is 4.90 Å². The van der Waals surface area contributed by atoms with Crippen molar-refractivity contribution in [1.29, 1.82) is 0 Å². The lowest BCUT2D eigenvalue weighted by molar-refractivity contribution is -0.144. The lowest BCUT2D eigenvalue weighted by Gasteiger charge is -2.37. The second-order valence-corrected chi connectivity index (χ2v) is 4.67. The van der Waals surface area contributed by atoms with Crippen molar-refractivity contribution in [2.45, 2.75) is 38.9 Å². The van der Waals surface area contributed by atoms with Gasteiger partial charge in [0.2, 0.25) is 11.6 Å². The molecule has 0 unspecified atom stereocenters. The highest BCUT2D eigenvalue weighted by molar-refractivity contribution is 6.39. The number of carbonyl (C=O) groups excluding carboxylic acids is 2. The molecule has 0 N–H and O–H groups in total. The fraction of sp³-hybridized carbons (Fsp3) is 0.429. The van der Waals surface area contributed by atoms with E-state index in [0.717, 1.165) is 6.54 Å². The molecule has 0 aromatic heterocycles. The van der Waals surface area contributed by atoms with Gasteiger partial charge in [-0.15, -0.1) is 0 Å². The molecule has 3 nitrogen and oxygen atoms in total. The van der Waals surface area contributed by atoms with Crippen LogP contribution in [0.3, 0.4) is 0 Å². The average molecular weight is 231 g/mol. The van der Waals surface area contributed by atoms with Crippen molar-refractivity contribution >= 4 is 11.6 Å². The smallest absolute Gasteiger partial charge is 0.215 e. The van der Waals surface area contributed by atoms with Crippen LogP contribution in [0.4, 0.5) is 0 Å². The van der Waals surface area contributed by atoms with Crippen LogP contribution in [0, 0.1) is 0 Å². The van der Waals surface area contributed by atoms with Crippen molar-refractivity contribution in [1.82, 2.24) is 4.90 Å². The van der Waals surface area contributed by atoms with Gasteiger partial charge in [-0.1, -0.05) is 30.3 Å². The molecule has 1 aliphatic heterocycles.